The lowest BCUT2D eigenvalue weighted by Gasteiger charge is -2.17. The molecule has 9 heteroatoms. The second-order valence-corrected chi connectivity index (χ2v) is 8.59. The topological polar surface area (TPSA) is 93.5 Å². The third-order valence-electron chi connectivity index (χ3n) is 4.47. The van der Waals surface area contributed by atoms with E-state index in [1.807, 2.05) is 39.0 Å². The quantitative estimate of drug-likeness (QED) is 0.623. The highest BCUT2D eigenvalue weighted by Gasteiger charge is 2.22. The van der Waals surface area contributed by atoms with Gasteiger partial charge in [-0.05, 0) is 31.2 Å². The van der Waals surface area contributed by atoms with Crippen LogP contribution in [0.3, 0.4) is 0 Å². The van der Waals surface area contributed by atoms with Gasteiger partial charge in [0.05, 0.1) is 31.0 Å². The number of halogens is 1. The van der Waals surface area contributed by atoms with Crippen LogP contribution in [-0.4, -0.2) is 52.7 Å². The zero-order valence-electron chi connectivity index (χ0n) is 18.6. The molecule has 0 saturated carbocycles. The molecule has 8 nitrogen and oxygen atoms in total. The van der Waals surface area contributed by atoms with Crippen molar-refractivity contribution < 1.29 is 19.1 Å². The van der Waals surface area contributed by atoms with Crippen molar-refractivity contribution in [2.75, 3.05) is 25.5 Å². The van der Waals surface area contributed by atoms with E-state index in [1.54, 1.807) is 23.7 Å². The van der Waals surface area contributed by atoms with Crippen LogP contribution in [0.1, 0.15) is 46.2 Å². The van der Waals surface area contributed by atoms with E-state index in [2.05, 4.69) is 10.4 Å². The van der Waals surface area contributed by atoms with Crippen molar-refractivity contribution in [2.45, 2.75) is 46.0 Å². The van der Waals surface area contributed by atoms with Gasteiger partial charge in [-0.2, -0.15) is 5.10 Å². The van der Waals surface area contributed by atoms with Crippen LogP contribution in [0.4, 0.5) is 5.82 Å². The fraction of sp³-hybridized carbons (Fsp3) is 0.455. The first-order chi connectivity index (χ1) is 14.5. The molecule has 1 N–H and O–H groups in total. The number of carbonyl (C=O) groups excluding carboxylic acids is 3. The number of nitrogens with zero attached hydrogens (tertiary/aromatic N) is 3. The number of likely N-dealkylation sites (N-methyl/N-ethyl adjacent to an activating group) is 1. The fourth-order valence-electron chi connectivity index (χ4n) is 2.73. The molecule has 1 aromatic heterocycles. The number of aromatic nitrogens is 2. The Morgan fingerprint density at radius 1 is 1.16 bits per heavy atom. The number of hydrogen-bond acceptors (Lipinski definition) is 5. The minimum absolute atomic E-state index is 0.0144. The van der Waals surface area contributed by atoms with Gasteiger partial charge < -0.3 is 15.0 Å². The smallest absolute Gasteiger partial charge is 0.306 e. The summed E-state index contributed by atoms with van der Waals surface area (Å²) in [7, 11) is 1.52. The summed E-state index contributed by atoms with van der Waals surface area (Å²) < 4.78 is 6.45. The van der Waals surface area contributed by atoms with E-state index >= 15 is 0 Å². The fourth-order valence-corrected chi connectivity index (χ4v) is 2.86. The zero-order chi connectivity index (χ0) is 23.2. The van der Waals surface area contributed by atoms with E-state index in [4.69, 9.17) is 16.3 Å². The Balaban J connectivity index is 2.11. The normalized spacial score (nSPS) is 11.2. The van der Waals surface area contributed by atoms with Crippen LogP contribution in [0.15, 0.2) is 30.3 Å². The van der Waals surface area contributed by atoms with Gasteiger partial charge in [-0.15, -0.1) is 0 Å². The van der Waals surface area contributed by atoms with E-state index in [0.29, 0.717) is 10.8 Å². The molecule has 2 amide bonds. The Labute approximate surface area is 187 Å². The standard InChI is InChI=1S/C22H29ClN4O4/c1-6-31-21(30)12-11-20(29)26(5)14-19(28)24-18-13-17(22(2,3)4)25-27(18)16-9-7-15(23)8-10-16/h7-10,13H,6,11-12,14H2,1-5H3,(H,24,28). The van der Waals surface area contributed by atoms with E-state index in [9.17, 15) is 14.4 Å². The molecule has 0 fully saturated rings. The average molecular weight is 449 g/mol. The van der Waals surface area contributed by atoms with Crippen LogP contribution in [-0.2, 0) is 24.5 Å². The van der Waals surface area contributed by atoms with Crippen molar-refractivity contribution in [3.05, 3.63) is 41.0 Å². The number of amides is 2. The van der Waals surface area contributed by atoms with Gasteiger partial charge in [-0.1, -0.05) is 32.4 Å². The van der Waals surface area contributed by atoms with Crippen molar-refractivity contribution in [3.63, 3.8) is 0 Å². The maximum absolute atomic E-state index is 12.6. The second-order valence-electron chi connectivity index (χ2n) is 8.16. The van der Waals surface area contributed by atoms with E-state index in [-0.39, 0.29) is 43.2 Å². The predicted molar refractivity (Wildman–Crippen MR) is 119 cm³/mol. The summed E-state index contributed by atoms with van der Waals surface area (Å²) in [6.07, 6.45) is -0.0313. The Bertz CT molecular complexity index is 932. The molecule has 31 heavy (non-hydrogen) atoms. The Kier molecular flexibility index (Phi) is 8.21. The molecule has 2 aromatic rings. The number of carbonyl (C=O) groups is 3. The van der Waals surface area contributed by atoms with Gasteiger partial charge in [0.2, 0.25) is 11.8 Å². The molecule has 168 valence electrons. The van der Waals surface area contributed by atoms with Crippen molar-refractivity contribution in [1.82, 2.24) is 14.7 Å². The lowest BCUT2D eigenvalue weighted by atomic mass is 9.92. The molecule has 1 heterocycles. The highest BCUT2D eigenvalue weighted by molar-refractivity contribution is 6.30. The van der Waals surface area contributed by atoms with E-state index < -0.39 is 5.97 Å². The number of ether oxygens (including phenoxy) is 1. The molecule has 0 aliphatic heterocycles. The molecular formula is C22H29ClN4O4. The Morgan fingerprint density at radius 2 is 1.81 bits per heavy atom. The molecule has 1 aromatic carbocycles. The lowest BCUT2D eigenvalue weighted by Crippen LogP contribution is -2.35. The Hall–Kier alpha value is -2.87. The minimum atomic E-state index is -0.435. The van der Waals surface area contributed by atoms with Crippen LogP contribution in [0.5, 0.6) is 0 Å². The molecule has 0 unspecified atom stereocenters. The highest BCUT2D eigenvalue weighted by Crippen LogP contribution is 2.26. The lowest BCUT2D eigenvalue weighted by molar-refractivity contribution is -0.145. The minimum Gasteiger partial charge on any atom is -0.466 e. The molecule has 0 aliphatic carbocycles. The molecule has 0 atom stereocenters. The predicted octanol–water partition coefficient (Wildman–Crippen LogP) is 3.56. The number of esters is 1. The monoisotopic (exact) mass is 448 g/mol. The first-order valence-electron chi connectivity index (χ1n) is 10.1. The van der Waals surface area contributed by atoms with E-state index in [1.165, 1.54) is 11.9 Å². The summed E-state index contributed by atoms with van der Waals surface area (Å²) in [6, 6.07) is 8.92. The van der Waals surface area contributed by atoms with Crippen molar-refractivity contribution in [3.8, 4) is 5.69 Å². The third-order valence-corrected chi connectivity index (χ3v) is 4.72. The molecule has 0 bridgehead atoms. The number of anilines is 1. The molecule has 0 radical (unpaired) electrons. The molecular weight excluding hydrogens is 420 g/mol. The summed E-state index contributed by atoms with van der Waals surface area (Å²) >= 11 is 5.98. The maximum atomic E-state index is 12.6. The first-order valence-corrected chi connectivity index (χ1v) is 10.4. The molecule has 2 rings (SSSR count). The van der Waals surface area contributed by atoms with Crippen LogP contribution in [0.25, 0.3) is 5.69 Å². The number of nitrogens with one attached hydrogen (secondary N) is 1. The van der Waals surface area contributed by atoms with Gasteiger partial charge in [0, 0.05) is 30.0 Å². The number of benzene rings is 1. The van der Waals surface area contributed by atoms with Gasteiger partial charge in [0.25, 0.3) is 0 Å². The largest absolute Gasteiger partial charge is 0.466 e. The summed E-state index contributed by atoms with van der Waals surface area (Å²) in [5.74, 6) is -0.632. The Morgan fingerprint density at radius 3 is 2.39 bits per heavy atom. The average Bonchev–Trinajstić information content (AvgIpc) is 3.11. The van der Waals surface area contributed by atoms with Crippen LogP contribution < -0.4 is 5.32 Å². The second kappa shape index (κ2) is 10.4. The third kappa shape index (κ3) is 7.10. The van der Waals surface area contributed by atoms with Crippen LogP contribution in [0.2, 0.25) is 5.02 Å². The van der Waals surface area contributed by atoms with Gasteiger partial charge in [0.15, 0.2) is 0 Å². The maximum Gasteiger partial charge on any atom is 0.306 e. The summed E-state index contributed by atoms with van der Waals surface area (Å²) in [5, 5.41) is 8.07. The summed E-state index contributed by atoms with van der Waals surface area (Å²) in [5.41, 5.74) is 1.32. The van der Waals surface area contributed by atoms with Gasteiger partial charge in [-0.3, -0.25) is 14.4 Å². The van der Waals surface area contributed by atoms with Crippen molar-refractivity contribution >= 4 is 35.2 Å². The summed E-state index contributed by atoms with van der Waals surface area (Å²) in [4.78, 5) is 37.5. The van der Waals surface area contributed by atoms with E-state index in [0.717, 1.165) is 11.4 Å². The number of hydrogen-bond donors (Lipinski definition) is 1. The SMILES string of the molecule is CCOC(=O)CCC(=O)N(C)CC(=O)Nc1cc(C(C)(C)C)nn1-c1ccc(Cl)cc1. The molecule has 0 saturated heterocycles. The summed E-state index contributed by atoms with van der Waals surface area (Å²) in [6.45, 7) is 7.91. The first kappa shape index (κ1) is 24.4. The van der Waals surface area contributed by atoms with Gasteiger partial charge in [0.1, 0.15) is 5.82 Å². The zero-order valence-corrected chi connectivity index (χ0v) is 19.3. The molecule has 0 aliphatic rings. The molecule has 0 spiro atoms. The van der Waals surface area contributed by atoms with Gasteiger partial charge >= 0.3 is 5.97 Å². The number of rotatable bonds is 8. The highest BCUT2D eigenvalue weighted by atomic mass is 35.5. The van der Waals surface area contributed by atoms with Gasteiger partial charge in [-0.25, -0.2) is 4.68 Å². The van der Waals surface area contributed by atoms with Crippen LogP contribution in [0, 0.1) is 0 Å². The van der Waals surface area contributed by atoms with Crippen molar-refractivity contribution in [2.24, 2.45) is 0 Å². The van der Waals surface area contributed by atoms with Crippen LogP contribution >= 0.6 is 11.6 Å². The van der Waals surface area contributed by atoms with Crippen molar-refractivity contribution in [1.29, 1.82) is 0 Å².